The molecule has 0 bridgehead atoms. The van der Waals surface area contributed by atoms with E-state index < -0.39 is 20.5 Å². The Morgan fingerprint density at radius 3 is 2.48 bits per heavy atom. The molecule has 2 heterocycles. The van der Waals surface area contributed by atoms with Crippen LogP contribution in [-0.4, -0.2) is 51.6 Å². The average molecular weight is 368 g/mol. The smallest absolute Gasteiger partial charge is 0.242 e. The summed E-state index contributed by atoms with van der Waals surface area (Å²) < 4.78 is 34.4. The number of ether oxygens (including phenoxy) is 2. The monoisotopic (exact) mass is 368 g/mol. The van der Waals surface area contributed by atoms with Gasteiger partial charge in [-0.1, -0.05) is 6.07 Å². The number of sulfone groups is 1. The van der Waals surface area contributed by atoms with Crippen LogP contribution in [0.4, 0.5) is 0 Å². The molecule has 0 aromatic heterocycles. The van der Waals surface area contributed by atoms with Crippen LogP contribution in [0.5, 0.6) is 11.5 Å². The van der Waals surface area contributed by atoms with Crippen molar-refractivity contribution in [3.8, 4) is 11.5 Å². The van der Waals surface area contributed by atoms with E-state index in [0.29, 0.717) is 37.8 Å². The maximum absolute atomic E-state index is 12.9. The third kappa shape index (κ3) is 3.46. The number of fused-ring (bicyclic) bond motifs is 1. The quantitative estimate of drug-likeness (QED) is 0.817. The fourth-order valence-electron chi connectivity index (χ4n) is 3.34. The second kappa shape index (κ2) is 6.84. The highest BCUT2D eigenvalue weighted by Crippen LogP contribution is 2.33. The van der Waals surface area contributed by atoms with E-state index in [2.05, 4.69) is 10.6 Å². The van der Waals surface area contributed by atoms with Crippen LogP contribution in [0.1, 0.15) is 31.4 Å². The Morgan fingerprint density at radius 1 is 1.20 bits per heavy atom. The normalized spacial score (nSPS) is 20.6. The Morgan fingerprint density at radius 2 is 1.84 bits per heavy atom. The molecule has 1 unspecified atom stereocenters. The molecule has 2 aliphatic heterocycles. The van der Waals surface area contributed by atoms with E-state index in [9.17, 15) is 13.2 Å². The first kappa shape index (κ1) is 18.0. The first-order valence-corrected chi connectivity index (χ1v) is 10.3. The van der Waals surface area contributed by atoms with Crippen molar-refractivity contribution in [2.24, 2.45) is 0 Å². The fraction of sp³-hybridized carbons (Fsp3) is 0.588. The van der Waals surface area contributed by atoms with Crippen LogP contribution >= 0.6 is 0 Å². The van der Waals surface area contributed by atoms with Crippen molar-refractivity contribution in [1.29, 1.82) is 0 Å². The Balaban J connectivity index is 1.79. The van der Waals surface area contributed by atoms with Gasteiger partial charge in [0, 0.05) is 6.26 Å². The summed E-state index contributed by atoms with van der Waals surface area (Å²) in [5.74, 6) is 0.892. The molecule has 138 valence electrons. The summed E-state index contributed by atoms with van der Waals surface area (Å²) in [5.41, 5.74) is 0.843. The molecule has 25 heavy (non-hydrogen) atoms. The second-order valence-electron chi connectivity index (χ2n) is 6.61. The van der Waals surface area contributed by atoms with E-state index in [1.807, 2.05) is 25.1 Å². The number of rotatable bonds is 4. The predicted octanol–water partition coefficient (Wildman–Crippen LogP) is 0.802. The number of piperidine rings is 1. The molecule has 2 aliphatic rings. The maximum Gasteiger partial charge on any atom is 0.242 e. The minimum atomic E-state index is -3.53. The lowest BCUT2D eigenvalue weighted by Crippen LogP contribution is -2.57. The van der Waals surface area contributed by atoms with Crippen LogP contribution in [0.3, 0.4) is 0 Å². The summed E-state index contributed by atoms with van der Waals surface area (Å²) in [7, 11) is -3.53. The molecule has 0 radical (unpaired) electrons. The molecule has 1 aromatic carbocycles. The lowest BCUT2D eigenvalue weighted by molar-refractivity contribution is -0.125. The van der Waals surface area contributed by atoms with Crippen molar-refractivity contribution in [2.75, 3.05) is 32.6 Å². The lowest BCUT2D eigenvalue weighted by Gasteiger charge is -2.35. The summed E-state index contributed by atoms with van der Waals surface area (Å²) in [4.78, 5) is 12.9. The van der Waals surface area contributed by atoms with E-state index in [4.69, 9.17) is 9.47 Å². The van der Waals surface area contributed by atoms with Gasteiger partial charge in [-0.25, -0.2) is 8.42 Å². The zero-order valence-electron chi connectivity index (χ0n) is 14.5. The summed E-state index contributed by atoms with van der Waals surface area (Å²) in [6.07, 6.45) is 1.71. The van der Waals surface area contributed by atoms with Gasteiger partial charge in [0.1, 0.15) is 13.2 Å². The summed E-state index contributed by atoms with van der Waals surface area (Å²) in [6, 6.07) is 5.16. The second-order valence-corrected chi connectivity index (χ2v) is 8.94. The molecule has 1 amide bonds. The summed E-state index contributed by atoms with van der Waals surface area (Å²) in [5, 5.41) is 5.99. The molecule has 1 aromatic rings. The van der Waals surface area contributed by atoms with E-state index >= 15 is 0 Å². The number of amides is 1. The van der Waals surface area contributed by atoms with Crippen molar-refractivity contribution < 1.29 is 22.7 Å². The molecule has 0 saturated carbocycles. The third-order valence-electron chi connectivity index (χ3n) is 4.95. The summed E-state index contributed by atoms with van der Waals surface area (Å²) >= 11 is 0. The van der Waals surface area contributed by atoms with Crippen molar-refractivity contribution in [3.63, 3.8) is 0 Å². The average Bonchev–Trinajstić information content (AvgIpc) is 2.60. The van der Waals surface area contributed by atoms with Gasteiger partial charge in [0.25, 0.3) is 0 Å². The number of carbonyl (C=O) groups excluding carboxylic acids is 1. The Bertz CT molecular complexity index is 756. The molecule has 1 fully saturated rings. The zero-order chi connectivity index (χ0) is 18.1. The van der Waals surface area contributed by atoms with Gasteiger partial charge in [-0.15, -0.1) is 0 Å². The van der Waals surface area contributed by atoms with Crippen LogP contribution < -0.4 is 20.1 Å². The van der Waals surface area contributed by atoms with Gasteiger partial charge in [-0.3, -0.25) is 4.79 Å². The van der Waals surface area contributed by atoms with Crippen LogP contribution in [0, 0.1) is 0 Å². The highest BCUT2D eigenvalue weighted by Gasteiger charge is 2.48. The molecule has 1 atom stereocenters. The number of benzene rings is 1. The number of hydrogen-bond acceptors (Lipinski definition) is 6. The Hall–Kier alpha value is -1.80. The minimum absolute atomic E-state index is 0.283. The van der Waals surface area contributed by atoms with Crippen LogP contribution in [0.25, 0.3) is 0 Å². The van der Waals surface area contributed by atoms with Gasteiger partial charge < -0.3 is 20.1 Å². The van der Waals surface area contributed by atoms with Gasteiger partial charge in [-0.05, 0) is 50.6 Å². The Labute approximate surface area is 148 Å². The molecular formula is C17H24N2O5S. The Kier molecular flexibility index (Phi) is 4.92. The van der Waals surface area contributed by atoms with Crippen molar-refractivity contribution >= 4 is 15.7 Å². The molecule has 7 nitrogen and oxygen atoms in total. The first-order chi connectivity index (χ1) is 11.8. The van der Waals surface area contributed by atoms with Crippen LogP contribution in [0.2, 0.25) is 0 Å². The predicted molar refractivity (Wildman–Crippen MR) is 93.7 cm³/mol. The molecule has 2 N–H and O–H groups in total. The SMILES string of the molecule is CC(NC(=O)C1(S(C)(=O)=O)CCNCC1)c1ccc2c(c1)OCCO2. The molecular weight excluding hydrogens is 344 g/mol. The first-order valence-electron chi connectivity index (χ1n) is 8.44. The van der Waals surface area contributed by atoms with E-state index in [0.717, 1.165) is 11.8 Å². The van der Waals surface area contributed by atoms with E-state index in [1.54, 1.807) is 0 Å². The van der Waals surface area contributed by atoms with Gasteiger partial charge in [0.15, 0.2) is 26.1 Å². The standard InChI is InChI=1S/C17H24N2O5S/c1-12(13-3-4-14-15(11-13)24-10-9-23-14)19-16(20)17(25(2,21)22)5-7-18-8-6-17/h3-4,11-12,18H,5-10H2,1-2H3,(H,19,20). The van der Waals surface area contributed by atoms with Crippen molar-refractivity contribution in [2.45, 2.75) is 30.6 Å². The number of carbonyl (C=O) groups is 1. The largest absolute Gasteiger partial charge is 0.486 e. The molecule has 1 saturated heterocycles. The molecule has 3 rings (SSSR count). The van der Waals surface area contributed by atoms with E-state index in [-0.39, 0.29) is 18.9 Å². The molecule has 0 spiro atoms. The highest BCUT2D eigenvalue weighted by atomic mass is 32.2. The van der Waals surface area contributed by atoms with Gasteiger partial charge in [0.2, 0.25) is 5.91 Å². The number of nitrogens with one attached hydrogen (secondary N) is 2. The minimum Gasteiger partial charge on any atom is -0.486 e. The highest BCUT2D eigenvalue weighted by molar-refractivity contribution is 7.92. The van der Waals surface area contributed by atoms with Crippen LogP contribution in [-0.2, 0) is 14.6 Å². The van der Waals surface area contributed by atoms with Gasteiger partial charge in [-0.2, -0.15) is 0 Å². The van der Waals surface area contributed by atoms with Gasteiger partial charge >= 0.3 is 0 Å². The molecule has 8 heteroatoms. The third-order valence-corrected chi connectivity index (χ3v) is 6.96. The van der Waals surface area contributed by atoms with Crippen molar-refractivity contribution in [1.82, 2.24) is 10.6 Å². The zero-order valence-corrected chi connectivity index (χ0v) is 15.3. The van der Waals surface area contributed by atoms with Crippen LogP contribution in [0.15, 0.2) is 18.2 Å². The fourth-order valence-corrected chi connectivity index (χ4v) is 4.68. The van der Waals surface area contributed by atoms with E-state index in [1.165, 1.54) is 0 Å². The molecule has 0 aliphatic carbocycles. The maximum atomic E-state index is 12.9. The number of hydrogen-bond donors (Lipinski definition) is 2. The summed E-state index contributed by atoms with van der Waals surface area (Å²) in [6.45, 7) is 3.86. The topological polar surface area (TPSA) is 93.7 Å². The van der Waals surface area contributed by atoms with Gasteiger partial charge in [0.05, 0.1) is 6.04 Å². The van der Waals surface area contributed by atoms with Crippen molar-refractivity contribution in [3.05, 3.63) is 23.8 Å². The lowest BCUT2D eigenvalue weighted by atomic mass is 9.95.